The summed E-state index contributed by atoms with van der Waals surface area (Å²) < 4.78 is 11.1. The standard InChI is InChI=1S/C24H27ClN2O4/c1-16(24(29)26-15-19-4-2-3-5-20(19)25)27-10-8-17(9-11-27)23(28)18-6-7-21-22(14-18)31-13-12-30-21/h2-7,14,16-17H,8-13,15H2,1H3,(H,26,29)/t16-/m0/s1. The van der Waals surface area contributed by atoms with Crippen molar-refractivity contribution >= 4 is 23.3 Å². The first kappa shape index (κ1) is 21.7. The van der Waals surface area contributed by atoms with Crippen LogP contribution in [0.4, 0.5) is 0 Å². The maximum Gasteiger partial charge on any atom is 0.237 e. The van der Waals surface area contributed by atoms with E-state index in [1.165, 1.54) is 0 Å². The molecule has 0 unspecified atom stereocenters. The van der Waals surface area contributed by atoms with Crippen molar-refractivity contribution in [3.05, 3.63) is 58.6 Å². The first-order chi connectivity index (χ1) is 15.0. The van der Waals surface area contributed by atoms with E-state index < -0.39 is 0 Å². The third kappa shape index (κ3) is 5.02. The van der Waals surface area contributed by atoms with Gasteiger partial charge < -0.3 is 14.8 Å². The number of nitrogens with zero attached hydrogens (tertiary/aromatic N) is 1. The highest BCUT2D eigenvalue weighted by Crippen LogP contribution is 2.32. The van der Waals surface area contributed by atoms with Gasteiger partial charge in [0.25, 0.3) is 0 Å². The van der Waals surface area contributed by atoms with Crippen molar-refractivity contribution in [2.45, 2.75) is 32.4 Å². The van der Waals surface area contributed by atoms with Crippen molar-refractivity contribution < 1.29 is 19.1 Å². The van der Waals surface area contributed by atoms with Crippen LogP contribution in [0.15, 0.2) is 42.5 Å². The zero-order valence-electron chi connectivity index (χ0n) is 17.6. The fourth-order valence-electron chi connectivity index (χ4n) is 4.12. The van der Waals surface area contributed by atoms with Gasteiger partial charge in [-0.15, -0.1) is 0 Å². The highest BCUT2D eigenvalue weighted by molar-refractivity contribution is 6.31. The lowest BCUT2D eigenvalue weighted by molar-refractivity contribution is -0.126. The molecular weight excluding hydrogens is 416 g/mol. The number of amides is 1. The smallest absolute Gasteiger partial charge is 0.237 e. The molecule has 164 valence electrons. The molecule has 2 aliphatic heterocycles. The number of carbonyl (C=O) groups excluding carboxylic acids is 2. The highest BCUT2D eigenvalue weighted by Gasteiger charge is 2.30. The number of piperidine rings is 1. The number of ether oxygens (including phenoxy) is 2. The van der Waals surface area contributed by atoms with Gasteiger partial charge in [0, 0.05) is 23.0 Å². The van der Waals surface area contributed by atoms with Crippen molar-refractivity contribution in [3.8, 4) is 11.5 Å². The number of likely N-dealkylation sites (tertiary alicyclic amines) is 1. The molecule has 0 saturated carbocycles. The van der Waals surface area contributed by atoms with Gasteiger partial charge in [0.2, 0.25) is 5.91 Å². The Hall–Kier alpha value is -2.57. The van der Waals surface area contributed by atoms with E-state index in [9.17, 15) is 9.59 Å². The maximum atomic E-state index is 13.0. The van der Waals surface area contributed by atoms with Gasteiger partial charge in [-0.2, -0.15) is 0 Å². The minimum absolute atomic E-state index is 0.0310. The molecule has 1 fully saturated rings. The van der Waals surface area contributed by atoms with Crippen molar-refractivity contribution in [2.75, 3.05) is 26.3 Å². The Morgan fingerprint density at radius 1 is 1.10 bits per heavy atom. The first-order valence-electron chi connectivity index (χ1n) is 10.7. The Morgan fingerprint density at radius 2 is 1.81 bits per heavy atom. The molecule has 0 aliphatic carbocycles. The highest BCUT2D eigenvalue weighted by atomic mass is 35.5. The molecule has 0 radical (unpaired) electrons. The third-order valence-electron chi connectivity index (χ3n) is 6.07. The normalized spacial score (nSPS) is 17.7. The number of halogens is 1. The van der Waals surface area contributed by atoms with Crippen LogP contribution in [0, 0.1) is 5.92 Å². The van der Waals surface area contributed by atoms with Crippen molar-refractivity contribution in [2.24, 2.45) is 5.92 Å². The summed E-state index contributed by atoms with van der Waals surface area (Å²) in [7, 11) is 0. The number of ketones is 1. The average molecular weight is 443 g/mol. The summed E-state index contributed by atoms with van der Waals surface area (Å²) in [6.07, 6.45) is 1.46. The van der Waals surface area contributed by atoms with Gasteiger partial charge in [-0.25, -0.2) is 0 Å². The molecule has 6 nitrogen and oxygen atoms in total. The lowest BCUT2D eigenvalue weighted by Gasteiger charge is -2.34. The Balaban J connectivity index is 1.29. The largest absolute Gasteiger partial charge is 0.486 e. The van der Waals surface area contributed by atoms with Crippen LogP contribution in [0.25, 0.3) is 0 Å². The van der Waals surface area contributed by atoms with Gasteiger partial charge in [0.05, 0.1) is 6.04 Å². The molecule has 0 bridgehead atoms. The van der Waals surface area contributed by atoms with Gasteiger partial charge in [0.15, 0.2) is 17.3 Å². The maximum absolute atomic E-state index is 13.0. The Morgan fingerprint density at radius 3 is 2.55 bits per heavy atom. The second-order valence-corrected chi connectivity index (χ2v) is 8.43. The van der Waals surface area contributed by atoms with E-state index in [1.807, 2.05) is 43.3 Å². The molecule has 1 saturated heterocycles. The summed E-state index contributed by atoms with van der Waals surface area (Å²) >= 11 is 6.16. The topological polar surface area (TPSA) is 67.9 Å². The van der Waals surface area contributed by atoms with Gasteiger partial charge in [-0.05, 0) is 62.7 Å². The van der Waals surface area contributed by atoms with Crippen LogP contribution >= 0.6 is 11.6 Å². The number of nitrogens with one attached hydrogen (secondary N) is 1. The van der Waals surface area contributed by atoms with E-state index in [1.54, 1.807) is 6.07 Å². The zero-order chi connectivity index (χ0) is 21.8. The SMILES string of the molecule is C[C@@H](C(=O)NCc1ccccc1Cl)N1CCC(C(=O)c2ccc3c(c2)OCCO3)CC1. The molecule has 2 aliphatic rings. The quantitative estimate of drug-likeness (QED) is 0.691. The molecular formula is C24H27ClN2O4. The fraction of sp³-hybridized carbons (Fsp3) is 0.417. The van der Waals surface area contributed by atoms with E-state index in [0.717, 1.165) is 18.4 Å². The number of fused-ring (bicyclic) bond motifs is 1. The van der Waals surface area contributed by atoms with E-state index in [-0.39, 0.29) is 23.7 Å². The Labute approximate surface area is 187 Å². The van der Waals surface area contributed by atoms with Crippen molar-refractivity contribution in [1.82, 2.24) is 10.2 Å². The number of carbonyl (C=O) groups is 2. The molecule has 2 aromatic carbocycles. The van der Waals surface area contributed by atoms with Crippen LogP contribution in [0.1, 0.15) is 35.7 Å². The molecule has 1 atom stereocenters. The van der Waals surface area contributed by atoms with Gasteiger partial charge in [0.1, 0.15) is 13.2 Å². The van der Waals surface area contributed by atoms with E-state index in [0.29, 0.717) is 54.9 Å². The minimum Gasteiger partial charge on any atom is -0.486 e. The number of hydrogen-bond donors (Lipinski definition) is 1. The molecule has 2 aromatic rings. The predicted octanol–water partition coefficient (Wildman–Crippen LogP) is 3.71. The molecule has 1 amide bonds. The molecule has 2 heterocycles. The summed E-state index contributed by atoms with van der Waals surface area (Å²) in [6.45, 7) is 4.76. The second kappa shape index (κ2) is 9.71. The van der Waals surface area contributed by atoms with Crippen LogP contribution in [0.5, 0.6) is 11.5 Å². The van der Waals surface area contributed by atoms with Crippen LogP contribution in [0.3, 0.4) is 0 Å². The first-order valence-corrected chi connectivity index (χ1v) is 11.1. The molecule has 31 heavy (non-hydrogen) atoms. The summed E-state index contributed by atoms with van der Waals surface area (Å²) in [5.74, 6) is 1.38. The lowest BCUT2D eigenvalue weighted by Crippen LogP contribution is -2.48. The number of hydrogen-bond acceptors (Lipinski definition) is 5. The average Bonchev–Trinajstić information content (AvgIpc) is 2.82. The molecule has 0 spiro atoms. The number of benzene rings is 2. The molecule has 0 aromatic heterocycles. The Bertz CT molecular complexity index is 956. The van der Waals surface area contributed by atoms with Crippen LogP contribution in [-0.2, 0) is 11.3 Å². The van der Waals surface area contributed by atoms with E-state index in [2.05, 4.69) is 10.2 Å². The number of Topliss-reactive ketones (excluding diaryl/α,β-unsaturated/α-hetero) is 1. The van der Waals surface area contributed by atoms with Gasteiger partial charge >= 0.3 is 0 Å². The second-order valence-electron chi connectivity index (χ2n) is 8.02. The monoisotopic (exact) mass is 442 g/mol. The number of rotatable bonds is 6. The Kier molecular flexibility index (Phi) is 6.78. The molecule has 4 rings (SSSR count). The summed E-state index contributed by atoms with van der Waals surface area (Å²) in [6, 6.07) is 12.6. The van der Waals surface area contributed by atoms with E-state index >= 15 is 0 Å². The van der Waals surface area contributed by atoms with Gasteiger partial charge in [-0.1, -0.05) is 29.8 Å². The van der Waals surface area contributed by atoms with Crippen LogP contribution in [0.2, 0.25) is 5.02 Å². The van der Waals surface area contributed by atoms with Crippen molar-refractivity contribution in [1.29, 1.82) is 0 Å². The van der Waals surface area contributed by atoms with Crippen LogP contribution in [-0.4, -0.2) is 48.9 Å². The van der Waals surface area contributed by atoms with Crippen LogP contribution < -0.4 is 14.8 Å². The molecule has 1 N–H and O–H groups in total. The van der Waals surface area contributed by atoms with E-state index in [4.69, 9.17) is 21.1 Å². The zero-order valence-corrected chi connectivity index (χ0v) is 18.4. The summed E-state index contributed by atoms with van der Waals surface area (Å²) in [5, 5.41) is 3.62. The minimum atomic E-state index is -0.257. The third-order valence-corrected chi connectivity index (χ3v) is 6.43. The molecule has 7 heteroatoms. The predicted molar refractivity (Wildman–Crippen MR) is 119 cm³/mol. The van der Waals surface area contributed by atoms with Crippen molar-refractivity contribution in [3.63, 3.8) is 0 Å². The summed E-state index contributed by atoms with van der Waals surface area (Å²) in [4.78, 5) is 27.7. The fourth-order valence-corrected chi connectivity index (χ4v) is 4.32. The van der Waals surface area contributed by atoms with Gasteiger partial charge in [-0.3, -0.25) is 14.5 Å². The lowest BCUT2D eigenvalue weighted by atomic mass is 9.88. The summed E-state index contributed by atoms with van der Waals surface area (Å²) in [5.41, 5.74) is 1.56.